The van der Waals surface area contributed by atoms with Gasteiger partial charge in [0.05, 0.1) is 13.7 Å². The summed E-state index contributed by atoms with van der Waals surface area (Å²) in [6, 6.07) is 0. The SMILES string of the molecule is C=C(C)C(=O)OC.C=C(C)C(=O)OC12CC3CC(CC(C3)C1)C2.C=C(C)C(=O)OCC1CO1. The molecule has 1 saturated heterocycles. The summed E-state index contributed by atoms with van der Waals surface area (Å²) in [5.41, 5.74) is 1.30. The van der Waals surface area contributed by atoms with E-state index >= 15 is 0 Å². The van der Waals surface area contributed by atoms with E-state index in [1.165, 1.54) is 26.4 Å². The zero-order valence-corrected chi connectivity index (χ0v) is 20.4. The van der Waals surface area contributed by atoms with Gasteiger partial charge in [0.2, 0.25) is 0 Å². The number of epoxide rings is 1. The Morgan fingerprint density at radius 1 is 0.818 bits per heavy atom. The van der Waals surface area contributed by atoms with Crippen LogP contribution in [0.15, 0.2) is 36.5 Å². The van der Waals surface area contributed by atoms with Gasteiger partial charge in [-0.05, 0) is 77.0 Å². The number of carbonyl (C=O) groups is 3. The van der Waals surface area contributed by atoms with E-state index in [0.29, 0.717) is 29.9 Å². The Labute approximate surface area is 197 Å². The van der Waals surface area contributed by atoms with E-state index in [-0.39, 0.29) is 29.6 Å². The maximum Gasteiger partial charge on any atom is 0.333 e. The minimum Gasteiger partial charge on any atom is -0.466 e. The molecule has 1 aliphatic heterocycles. The summed E-state index contributed by atoms with van der Waals surface area (Å²) >= 11 is 0. The Morgan fingerprint density at radius 3 is 1.55 bits per heavy atom. The average molecular weight is 463 g/mol. The monoisotopic (exact) mass is 462 g/mol. The summed E-state index contributed by atoms with van der Waals surface area (Å²) in [4.78, 5) is 32.6. The van der Waals surface area contributed by atoms with E-state index < -0.39 is 0 Å². The van der Waals surface area contributed by atoms with Gasteiger partial charge >= 0.3 is 17.9 Å². The molecule has 0 amide bonds. The molecule has 7 nitrogen and oxygen atoms in total. The highest BCUT2D eigenvalue weighted by atomic mass is 16.6. The molecule has 184 valence electrons. The summed E-state index contributed by atoms with van der Waals surface area (Å²) < 4.78 is 19.6. The molecule has 5 rings (SSSR count). The lowest BCUT2D eigenvalue weighted by molar-refractivity contribution is -0.182. The Hall–Kier alpha value is -2.41. The second-order valence-corrected chi connectivity index (χ2v) is 9.88. The quantitative estimate of drug-likeness (QED) is 0.251. The van der Waals surface area contributed by atoms with E-state index in [4.69, 9.17) is 14.2 Å². The van der Waals surface area contributed by atoms with Crippen molar-refractivity contribution < 1.29 is 33.3 Å². The zero-order chi connectivity index (χ0) is 24.8. The molecule has 0 aromatic rings. The van der Waals surface area contributed by atoms with E-state index in [0.717, 1.165) is 37.0 Å². The molecular weight excluding hydrogens is 424 g/mol. The van der Waals surface area contributed by atoms with Crippen molar-refractivity contribution in [2.75, 3.05) is 20.3 Å². The van der Waals surface area contributed by atoms with Gasteiger partial charge < -0.3 is 18.9 Å². The maximum absolute atomic E-state index is 11.7. The van der Waals surface area contributed by atoms with Crippen molar-refractivity contribution in [3.63, 3.8) is 0 Å². The number of hydrogen-bond donors (Lipinski definition) is 0. The molecule has 0 aromatic carbocycles. The summed E-state index contributed by atoms with van der Waals surface area (Å²) in [5.74, 6) is 1.61. The number of carbonyl (C=O) groups excluding carboxylic acids is 3. The molecule has 1 atom stereocenters. The molecule has 0 spiro atoms. The Bertz CT molecular complexity index is 755. The smallest absolute Gasteiger partial charge is 0.333 e. The van der Waals surface area contributed by atoms with Crippen LogP contribution in [-0.2, 0) is 33.3 Å². The number of rotatable bonds is 6. The molecule has 7 heteroatoms. The van der Waals surface area contributed by atoms with Crippen LogP contribution in [0.1, 0.15) is 59.3 Å². The summed E-state index contributed by atoms with van der Waals surface area (Å²) in [6.07, 6.45) is 7.61. The van der Waals surface area contributed by atoms with Crippen LogP contribution in [0.25, 0.3) is 0 Å². The third-order valence-corrected chi connectivity index (χ3v) is 6.32. The van der Waals surface area contributed by atoms with Crippen molar-refractivity contribution >= 4 is 17.9 Å². The minimum atomic E-state index is -0.347. The summed E-state index contributed by atoms with van der Waals surface area (Å²) in [6.45, 7) is 16.5. The molecule has 4 saturated carbocycles. The number of esters is 3. The van der Waals surface area contributed by atoms with Crippen molar-refractivity contribution in [2.24, 2.45) is 17.8 Å². The molecule has 0 N–H and O–H groups in total. The molecule has 33 heavy (non-hydrogen) atoms. The first-order chi connectivity index (χ1) is 15.4. The standard InChI is InChI=1S/C14H20O2.C7H10O3.C5H8O2/c1-9(2)13(15)16-14-6-10-3-11(7-14)5-12(4-10)8-14;1-5(2)7(8)10-4-6-3-9-6;1-4(2)5(6)7-3/h10-12H,1,3-8H2,2H3;6H,1,3-4H2,2H3;1H2,2-3H3. The Morgan fingerprint density at radius 2 is 1.24 bits per heavy atom. The predicted molar refractivity (Wildman–Crippen MR) is 124 cm³/mol. The Balaban J connectivity index is 0.000000195. The van der Waals surface area contributed by atoms with Gasteiger partial charge in [-0.15, -0.1) is 0 Å². The third kappa shape index (κ3) is 8.46. The number of hydrogen-bond acceptors (Lipinski definition) is 7. The first-order valence-electron chi connectivity index (χ1n) is 11.5. The summed E-state index contributed by atoms with van der Waals surface area (Å²) in [5, 5.41) is 0. The summed E-state index contributed by atoms with van der Waals surface area (Å²) in [7, 11) is 1.33. The van der Waals surface area contributed by atoms with Crippen LogP contribution in [0.4, 0.5) is 0 Å². The van der Waals surface area contributed by atoms with Crippen LogP contribution in [-0.4, -0.2) is 49.9 Å². The number of methoxy groups -OCH3 is 1. The molecule has 5 aliphatic rings. The van der Waals surface area contributed by atoms with Crippen LogP contribution in [0, 0.1) is 17.8 Å². The fourth-order valence-corrected chi connectivity index (χ4v) is 5.07. The highest BCUT2D eigenvalue weighted by molar-refractivity contribution is 5.87. The van der Waals surface area contributed by atoms with Crippen LogP contribution < -0.4 is 0 Å². The van der Waals surface area contributed by atoms with Crippen LogP contribution in [0.2, 0.25) is 0 Å². The van der Waals surface area contributed by atoms with Gasteiger partial charge in [0.25, 0.3) is 0 Å². The average Bonchev–Trinajstić information content (AvgIpc) is 3.55. The van der Waals surface area contributed by atoms with Crippen molar-refractivity contribution in [1.82, 2.24) is 0 Å². The van der Waals surface area contributed by atoms with Gasteiger partial charge in [-0.3, -0.25) is 0 Å². The van der Waals surface area contributed by atoms with Gasteiger partial charge in [0.15, 0.2) is 0 Å². The van der Waals surface area contributed by atoms with Gasteiger partial charge in [0.1, 0.15) is 18.3 Å². The van der Waals surface area contributed by atoms with Crippen molar-refractivity contribution in [3.8, 4) is 0 Å². The molecule has 4 bridgehead atoms. The van der Waals surface area contributed by atoms with Gasteiger partial charge in [-0.2, -0.15) is 0 Å². The maximum atomic E-state index is 11.7. The van der Waals surface area contributed by atoms with Crippen molar-refractivity contribution in [1.29, 1.82) is 0 Å². The lowest BCUT2D eigenvalue weighted by Gasteiger charge is -2.55. The van der Waals surface area contributed by atoms with E-state index in [1.54, 1.807) is 20.8 Å². The largest absolute Gasteiger partial charge is 0.466 e. The molecular formula is C26H38O7. The molecule has 0 radical (unpaired) electrons. The number of ether oxygens (including phenoxy) is 4. The van der Waals surface area contributed by atoms with Crippen LogP contribution >= 0.6 is 0 Å². The third-order valence-electron chi connectivity index (χ3n) is 6.32. The zero-order valence-electron chi connectivity index (χ0n) is 20.4. The van der Waals surface area contributed by atoms with Crippen molar-refractivity contribution in [2.45, 2.75) is 71.0 Å². The minimum absolute atomic E-state index is 0.106. The molecule has 4 aliphatic carbocycles. The molecule has 1 heterocycles. The lowest BCUT2D eigenvalue weighted by Crippen LogP contribution is -2.52. The molecule has 0 aromatic heterocycles. The fraction of sp³-hybridized carbons (Fsp3) is 0.654. The highest BCUT2D eigenvalue weighted by Crippen LogP contribution is 2.57. The Kier molecular flexibility index (Phi) is 9.46. The van der Waals surface area contributed by atoms with Crippen molar-refractivity contribution in [3.05, 3.63) is 36.5 Å². The highest BCUT2D eigenvalue weighted by Gasteiger charge is 2.53. The van der Waals surface area contributed by atoms with E-state index in [9.17, 15) is 14.4 Å². The first kappa shape index (κ1) is 26.8. The van der Waals surface area contributed by atoms with E-state index in [1.807, 2.05) is 0 Å². The molecule has 1 unspecified atom stereocenters. The van der Waals surface area contributed by atoms with Gasteiger partial charge in [-0.25, -0.2) is 14.4 Å². The van der Waals surface area contributed by atoms with Crippen LogP contribution in [0.5, 0.6) is 0 Å². The predicted octanol–water partition coefficient (Wildman–Crippen LogP) is 4.31. The van der Waals surface area contributed by atoms with E-state index in [2.05, 4.69) is 24.5 Å². The second-order valence-electron chi connectivity index (χ2n) is 9.88. The fourth-order valence-electron chi connectivity index (χ4n) is 5.07. The van der Waals surface area contributed by atoms with Gasteiger partial charge in [0, 0.05) is 16.7 Å². The second kappa shape index (κ2) is 11.6. The lowest BCUT2D eigenvalue weighted by atomic mass is 9.54. The topological polar surface area (TPSA) is 91.4 Å². The first-order valence-corrected chi connectivity index (χ1v) is 11.5. The normalized spacial score (nSPS) is 29.8. The van der Waals surface area contributed by atoms with Crippen LogP contribution in [0.3, 0.4) is 0 Å². The van der Waals surface area contributed by atoms with Gasteiger partial charge in [-0.1, -0.05) is 19.7 Å². The molecule has 5 fully saturated rings.